The molecule has 0 aliphatic carbocycles. The van der Waals surface area contributed by atoms with Gasteiger partial charge in [-0.05, 0) is 37.1 Å². The number of thiazole rings is 1. The first-order chi connectivity index (χ1) is 9.79. The minimum absolute atomic E-state index is 0.0828. The Hall–Kier alpha value is -0.750. The van der Waals surface area contributed by atoms with Gasteiger partial charge < -0.3 is 5.11 Å². The van der Waals surface area contributed by atoms with E-state index < -0.39 is 0 Å². The molecule has 0 aromatic carbocycles. The van der Waals surface area contributed by atoms with Crippen LogP contribution in [0.25, 0.3) is 10.6 Å². The van der Waals surface area contributed by atoms with Gasteiger partial charge in [0.2, 0.25) is 0 Å². The third-order valence-electron chi connectivity index (χ3n) is 4.52. The molecule has 0 spiro atoms. The molecule has 2 atom stereocenters. The molecule has 5 heteroatoms. The van der Waals surface area contributed by atoms with Crippen molar-refractivity contribution >= 4 is 22.7 Å². The van der Waals surface area contributed by atoms with Gasteiger partial charge in [0.1, 0.15) is 5.01 Å². The first kappa shape index (κ1) is 13.0. The Balaban J connectivity index is 1.50. The van der Waals surface area contributed by atoms with Crippen LogP contribution in [-0.4, -0.2) is 33.2 Å². The number of nitrogens with zero attached hydrogens (tertiary/aromatic N) is 2. The lowest BCUT2D eigenvalue weighted by atomic mass is 10.00. The standard InChI is InChI=1S/C15H18N2OS2/c18-14-5-12-1-2-13(6-14)17(12)7-11-9-20-15(16-11)10-3-4-19-8-10/h3-4,8-9,12-14,18H,1-2,5-7H2. The molecule has 2 aromatic heterocycles. The van der Waals surface area contributed by atoms with Gasteiger partial charge in [0.25, 0.3) is 0 Å². The highest BCUT2D eigenvalue weighted by molar-refractivity contribution is 7.14. The molecular formula is C15H18N2OS2. The van der Waals surface area contributed by atoms with Crippen LogP contribution in [0.1, 0.15) is 31.4 Å². The summed E-state index contributed by atoms with van der Waals surface area (Å²) in [6, 6.07) is 3.26. The lowest BCUT2D eigenvalue weighted by molar-refractivity contribution is 0.0305. The SMILES string of the molecule is OC1CC2CCC(C1)N2Cc1csc(-c2ccsc2)n1. The Labute approximate surface area is 126 Å². The Bertz CT molecular complexity index is 566. The molecule has 106 valence electrons. The van der Waals surface area contributed by atoms with E-state index in [1.165, 1.54) is 24.1 Å². The third-order valence-corrected chi connectivity index (χ3v) is 6.15. The van der Waals surface area contributed by atoms with Crippen molar-refractivity contribution in [1.82, 2.24) is 9.88 Å². The second-order valence-corrected chi connectivity index (χ2v) is 7.48. The predicted octanol–water partition coefficient (Wildman–Crippen LogP) is 3.36. The summed E-state index contributed by atoms with van der Waals surface area (Å²) >= 11 is 3.46. The van der Waals surface area contributed by atoms with Gasteiger partial charge in [0, 0.05) is 35.0 Å². The number of aliphatic hydroxyl groups is 1. The van der Waals surface area contributed by atoms with Crippen molar-refractivity contribution in [1.29, 1.82) is 0 Å². The maximum Gasteiger partial charge on any atom is 0.124 e. The molecule has 2 bridgehead atoms. The van der Waals surface area contributed by atoms with Gasteiger partial charge in [-0.2, -0.15) is 11.3 Å². The zero-order valence-corrected chi connectivity index (χ0v) is 12.9. The van der Waals surface area contributed by atoms with Crippen molar-refractivity contribution in [3.8, 4) is 10.6 Å². The lowest BCUT2D eigenvalue weighted by Crippen LogP contribution is -2.44. The first-order valence-corrected chi connectivity index (χ1v) is 9.02. The van der Waals surface area contributed by atoms with Gasteiger partial charge in [0.15, 0.2) is 0 Å². The van der Waals surface area contributed by atoms with Gasteiger partial charge in [-0.3, -0.25) is 4.90 Å². The van der Waals surface area contributed by atoms with Crippen molar-refractivity contribution in [2.24, 2.45) is 0 Å². The molecule has 20 heavy (non-hydrogen) atoms. The molecule has 2 aliphatic rings. The molecule has 0 saturated carbocycles. The zero-order chi connectivity index (χ0) is 13.5. The van der Waals surface area contributed by atoms with Crippen LogP contribution in [0.5, 0.6) is 0 Å². The molecule has 4 heterocycles. The zero-order valence-electron chi connectivity index (χ0n) is 11.2. The lowest BCUT2D eigenvalue weighted by Gasteiger charge is -2.36. The van der Waals surface area contributed by atoms with Crippen molar-refractivity contribution in [2.45, 2.75) is 50.4 Å². The van der Waals surface area contributed by atoms with E-state index >= 15 is 0 Å². The summed E-state index contributed by atoms with van der Waals surface area (Å²) in [6.45, 7) is 0.947. The fourth-order valence-electron chi connectivity index (χ4n) is 3.59. The minimum atomic E-state index is -0.0828. The van der Waals surface area contributed by atoms with Crippen LogP contribution in [0, 0.1) is 0 Å². The van der Waals surface area contributed by atoms with Crippen molar-refractivity contribution in [3.63, 3.8) is 0 Å². The fraction of sp³-hybridized carbons (Fsp3) is 0.533. The van der Waals surface area contributed by atoms with Gasteiger partial charge in [-0.25, -0.2) is 4.98 Å². The van der Waals surface area contributed by atoms with Crippen LogP contribution >= 0.6 is 22.7 Å². The second-order valence-electron chi connectivity index (χ2n) is 5.84. The molecule has 4 rings (SSSR count). The fourth-order valence-corrected chi connectivity index (χ4v) is 5.11. The van der Waals surface area contributed by atoms with Crippen LogP contribution < -0.4 is 0 Å². The molecule has 0 amide bonds. The molecule has 2 aliphatic heterocycles. The van der Waals surface area contributed by atoms with E-state index in [1.54, 1.807) is 22.7 Å². The largest absolute Gasteiger partial charge is 0.393 e. The number of aromatic nitrogens is 1. The summed E-state index contributed by atoms with van der Waals surface area (Å²) in [5, 5.41) is 17.4. The van der Waals surface area contributed by atoms with E-state index in [0.29, 0.717) is 12.1 Å². The monoisotopic (exact) mass is 306 g/mol. The van der Waals surface area contributed by atoms with Crippen LogP contribution in [0.4, 0.5) is 0 Å². The molecule has 2 saturated heterocycles. The predicted molar refractivity (Wildman–Crippen MR) is 83.0 cm³/mol. The molecule has 0 radical (unpaired) electrons. The number of hydrogen-bond acceptors (Lipinski definition) is 5. The minimum Gasteiger partial charge on any atom is -0.393 e. The number of hydrogen-bond donors (Lipinski definition) is 1. The Morgan fingerprint density at radius 3 is 2.75 bits per heavy atom. The van der Waals surface area contributed by atoms with Crippen molar-refractivity contribution < 1.29 is 5.11 Å². The van der Waals surface area contributed by atoms with E-state index in [0.717, 1.165) is 24.4 Å². The van der Waals surface area contributed by atoms with Gasteiger partial charge in [-0.15, -0.1) is 11.3 Å². The van der Waals surface area contributed by atoms with Crippen LogP contribution in [0.2, 0.25) is 0 Å². The summed E-state index contributed by atoms with van der Waals surface area (Å²) in [6.07, 6.45) is 4.28. The number of rotatable bonds is 3. The molecule has 1 N–H and O–H groups in total. The number of aliphatic hydroxyl groups excluding tert-OH is 1. The summed E-state index contributed by atoms with van der Waals surface area (Å²) in [7, 11) is 0. The highest BCUT2D eigenvalue weighted by atomic mass is 32.1. The Kier molecular flexibility index (Phi) is 3.38. The van der Waals surface area contributed by atoms with Crippen LogP contribution in [-0.2, 0) is 6.54 Å². The van der Waals surface area contributed by atoms with E-state index in [2.05, 4.69) is 27.1 Å². The summed E-state index contributed by atoms with van der Waals surface area (Å²) in [5.41, 5.74) is 2.42. The average Bonchev–Trinajstić information content (AvgIpc) is 3.12. The number of fused-ring (bicyclic) bond motifs is 2. The average molecular weight is 306 g/mol. The summed E-state index contributed by atoms with van der Waals surface area (Å²) in [4.78, 5) is 7.35. The summed E-state index contributed by atoms with van der Waals surface area (Å²) in [5.74, 6) is 0. The van der Waals surface area contributed by atoms with E-state index in [9.17, 15) is 5.11 Å². The molecular weight excluding hydrogens is 288 g/mol. The third kappa shape index (κ3) is 2.33. The van der Waals surface area contributed by atoms with Gasteiger partial charge >= 0.3 is 0 Å². The van der Waals surface area contributed by atoms with E-state index in [4.69, 9.17) is 4.98 Å². The Morgan fingerprint density at radius 2 is 2.05 bits per heavy atom. The van der Waals surface area contributed by atoms with Crippen LogP contribution in [0.15, 0.2) is 22.2 Å². The van der Waals surface area contributed by atoms with Gasteiger partial charge in [0.05, 0.1) is 11.8 Å². The smallest absolute Gasteiger partial charge is 0.124 e. The maximum atomic E-state index is 9.86. The highest BCUT2D eigenvalue weighted by Crippen LogP contribution is 2.37. The van der Waals surface area contributed by atoms with E-state index in [-0.39, 0.29) is 6.10 Å². The topological polar surface area (TPSA) is 36.4 Å². The van der Waals surface area contributed by atoms with Crippen molar-refractivity contribution in [2.75, 3.05) is 0 Å². The molecule has 3 nitrogen and oxygen atoms in total. The normalized spacial score (nSPS) is 29.9. The molecule has 2 unspecified atom stereocenters. The number of thiophene rings is 1. The molecule has 2 fully saturated rings. The number of piperidine rings is 1. The Morgan fingerprint density at radius 1 is 1.25 bits per heavy atom. The first-order valence-electron chi connectivity index (χ1n) is 7.20. The highest BCUT2D eigenvalue weighted by Gasteiger charge is 2.40. The second kappa shape index (κ2) is 5.22. The van der Waals surface area contributed by atoms with Gasteiger partial charge in [-0.1, -0.05) is 0 Å². The summed E-state index contributed by atoms with van der Waals surface area (Å²) < 4.78 is 0. The quantitative estimate of drug-likeness (QED) is 0.944. The van der Waals surface area contributed by atoms with Crippen molar-refractivity contribution in [3.05, 3.63) is 27.9 Å². The maximum absolute atomic E-state index is 9.86. The van der Waals surface area contributed by atoms with E-state index in [1.807, 2.05) is 0 Å². The molecule has 2 aromatic rings. The van der Waals surface area contributed by atoms with Crippen LogP contribution in [0.3, 0.4) is 0 Å².